The van der Waals surface area contributed by atoms with Crippen molar-refractivity contribution in [1.29, 1.82) is 0 Å². The molecule has 4 aromatic carbocycles. The maximum absolute atomic E-state index is 5.01. The van der Waals surface area contributed by atoms with Crippen molar-refractivity contribution in [3.05, 3.63) is 126 Å². The van der Waals surface area contributed by atoms with Crippen LogP contribution in [0.5, 0.6) is 0 Å². The molecule has 1 aliphatic rings. The third kappa shape index (κ3) is 4.26. The minimum atomic E-state index is 0.618. The fourth-order valence-corrected chi connectivity index (χ4v) is 3.70. The van der Waals surface area contributed by atoms with Crippen molar-refractivity contribution in [1.82, 2.24) is 0 Å². The van der Waals surface area contributed by atoms with E-state index in [1.807, 2.05) is 97.1 Å². The summed E-state index contributed by atoms with van der Waals surface area (Å²) in [6, 6.07) is 38.5. The Bertz CT molecular complexity index is 1270. The van der Waals surface area contributed by atoms with E-state index >= 15 is 0 Å². The molecule has 4 aromatic rings. The molecule has 148 valence electrons. The highest BCUT2D eigenvalue weighted by Crippen LogP contribution is 2.27. The van der Waals surface area contributed by atoms with Gasteiger partial charge in [0.25, 0.3) is 0 Å². The van der Waals surface area contributed by atoms with Crippen molar-refractivity contribution in [2.24, 2.45) is 15.0 Å². The number of para-hydroxylation sites is 3. The highest BCUT2D eigenvalue weighted by molar-refractivity contribution is 6.55. The van der Waals surface area contributed by atoms with E-state index in [9.17, 15) is 0 Å². The Morgan fingerprint density at radius 1 is 0.387 bits per heavy atom. The van der Waals surface area contributed by atoms with Gasteiger partial charge in [-0.05, 0) is 36.4 Å². The van der Waals surface area contributed by atoms with Crippen LogP contribution in [-0.2, 0) is 0 Å². The zero-order chi connectivity index (χ0) is 20.9. The number of hydrogen-bond acceptors (Lipinski definition) is 3. The monoisotopic (exact) mass is 399 g/mol. The van der Waals surface area contributed by atoms with Crippen molar-refractivity contribution in [2.75, 3.05) is 0 Å². The molecule has 31 heavy (non-hydrogen) atoms. The van der Waals surface area contributed by atoms with Crippen molar-refractivity contribution in [3.63, 3.8) is 0 Å². The smallest absolute Gasteiger partial charge is 0.0934 e. The van der Waals surface area contributed by atoms with Gasteiger partial charge in [-0.25, -0.2) is 4.99 Å². The lowest BCUT2D eigenvalue weighted by atomic mass is 9.86. The second kappa shape index (κ2) is 8.72. The van der Waals surface area contributed by atoms with Crippen LogP contribution >= 0.6 is 0 Å². The average molecular weight is 399 g/mol. The lowest BCUT2D eigenvalue weighted by Crippen LogP contribution is -2.28. The first kappa shape index (κ1) is 18.9. The van der Waals surface area contributed by atoms with E-state index in [4.69, 9.17) is 15.0 Å². The van der Waals surface area contributed by atoms with Gasteiger partial charge in [-0.2, -0.15) is 0 Å². The molecule has 0 bridgehead atoms. The standard InChI is InChI=1S/C28H21N3/c1-4-12-21(13-5-1)29-26-20-27(30-22-14-6-2-7-15-22)28(25-19-11-10-18-24(25)26)31-23-16-8-3-9-17-23/h1-19H,20H2. The number of benzene rings is 4. The molecule has 0 unspecified atom stereocenters. The van der Waals surface area contributed by atoms with Gasteiger partial charge in [-0.15, -0.1) is 0 Å². The zero-order valence-electron chi connectivity index (χ0n) is 17.0. The first-order valence-electron chi connectivity index (χ1n) is 10.4. The minimum Gasteiger partial charge on any atom is -0.252 e. The minimum absolute atomic E-state index is 0.618. The van der Waals surface area contributed by atoms with Crippen LogP contribution in [0.2, 0.25) is 0 Å². The van der Waals surface area contributed by atoms with Crippen molar-refractivity contribution < 1.29 is 0 Å². The summed E-state index contributed by atoms with van der Waals surface area (Å²) >= 11 is 0. The number of nitrogens with zero attached hydrogens (tertiary/aromatic N) is 3. The van der Waals surface area contributed by atoms with Gasteiger partial charge in [0.1, 0.15) is 0 Å². The lowest BCUT2D eigenvalue weighted by Gasteiger charge is -2.22. The molecule has 0 N–H and O–H groups in total. The lowest BCUT2D eigenvalue weighted by molar-refractivity contribution is 1.36. The summed E-state index contributed by atoms with van der Waals surface area (Å²) in [7, 11) is 0. The van der Waals surface area contributed by atoms with Crippen LogP contribution in [0.3, 0.4) is 0 Å². The molecule has 0 saturated carbocycles. The van der Waals surface area contributed by atoms with E-state index in [1.165, 1.54) is 0 Å². The fraction of sp³-hybridized carbons (Fsp3) is 0.0357. The molecule has 0 saturated heterocycles. The van der Waals surface area contributed by atoms with Crippen molar-refractivity contribution >= 4 is 34.2 Å². The topological polar surface area (TPSA) is 37.1 Å². The quantitative estimate of drug-likeness (QED) is 0.352. The van der Waals surface area contributed by atoms with Crippen LogP contribution in [0, 0.1) is 0 Å². The summed E-state index contributed by atoms with van der Waals surface area (Å²) in [5.74, 6) is 0. The van der Waals surface area contributed by atoms with Crippen LogP contribution in [0.15, 0.2) is 130 Å². The van der Waals surface area contributed by atoms with Crippen molar-refractivity contribution in [3.8, 4) is 0 Å². The van der Waals surface area contributed by atoms with Crippen LogP contribution < -0.4 is 0 Å². The number of fused-ring (bicyclic) bond motifs is 1. The molecule has 0 heterocycles. The molecule has 0 atom stereocenters. The Morgan fingerprint density at radius 2 is 0.806 bits per heavy atom. The van der Waals surface area contributed by atoms with E-state index in [-0.39, 0.29) is 0 Å². The molecule has 0 fully saturated rings. The molecule has 3 nitrogen and oxygen atoms in total. The van der Waals surface area contributed by atoms with Crippen molar-refractivity contribution in [2.45, 2.75) is 6.42 Å². The van der Waals surface area contributed by atoms with E-state index in [2.05, 4.69) is 18.2 Å². The summed E-state index contributed by atoms with van der Waals surface area (Å²) < 4.78 is 0. The third-order valence-corrected chi connectivity index (χ3v) is 5.14. The SMILES string of the molecule is c1ccc(N=C2CC(=Nc3ccccc3)c3ccccc3C2=Nc2ccccc2)cc1. The summed E-state index contributed by atoms with van der Waals surface area (Å²) in [5, 5.41) is 0. The second-order valence-electron chi connectivity index (χ2n) is 7.31. The summed E-state index contributed by atoms with van der Waals surface area (Å²) in [6.45, 7) is 0. The summed E-state index contributed by atoms with van der Waals surface area (Å²) in [6.07, 6.45) is 0.618. The Balaban J connectivity index is 1.71. The molecule has 5 rings (SSSR count). The van der Waals surface area contributed by atoms with Crippen LogP contribution in [0.1, 0.15) is 17.5 Å². The van der Waals surface area contributed by atoms with Gasteiger partial charge in [0.15, 0.2) is 0 Å². The van der Waals surface area contributed by atoms with Gasteiger partial charge >= 0.3 is 0 Å². The average Bonchev–Trinajstić information content (AvgIpc) is 2.83. The third-order valence-electron chi connectivity index (χ3n) is 5.14. The largest absolute Gasteiger partial charge is 0.252 e. The Labute approximate surface area is 182 Å². The zero-order valence-corrected chi connectivity index (χ0v) is 17.0. The van der Waals surface area contributed by atoms with E-state index in [1.54, 1.807) is 0 Å². The number of hydrogen-bond donors (Lipinski definition) is 0. The predicted octanol–water partition coefficient (Wildman–Crippen LogP) is 7.10. The van der Waals surface area contributed by atoms with Gasteiger partial charge in [-0.3, -0.25) is 9.98 Å². The molecular weight excluding hydrogens is 378 g/mol. The summed E-state index contributed by atoms with van der Waals surface area (Å²) in [4.78, 5) is 15.0. The molecule has 0 aromatic heterocycles. The molecule has 0 aliphatic heterocycles. The first-order chi connectivity index (χ1) is 15.4. The molecule has 0 amide bonds. The van der Waals surface area contributed by atoms with E-state index in [0.29, 0.717) is 6.42 Å². The maximum Gasteiger partial charge on any atom is 0.0934 e. The van der Waals surface area contributed by atoms with Crippen LogP contribution in [0.25, 0.3) is 0 Å². The molecule has 0 radical (unpaired) electrons. The molecule has 3 heteroatoms. The highest BCUT2D eigenvalue weighted by Gasteiger charge is 2.26. The van der Waals surface area contributed by atoms with Gasteiger partial charge < -0.3 is 0 Å². The summed E-state index contributed by atoms with van der Waals surface area (Å²) in [5.41, 5.74) is 7.75. The second-order valence-corrected chi connectivity index (χ2v) is 7.31. The highest BCUT2D eigenvalue weighted by atomic mass is 14.8. The molecular formula is C28H21N3. The Hall–Kier alpha value is -4.11. The van der Waals surface area contributed by atoms with E-state index < -0.39 is 0 Å². The van der Waals surface area contributed by atoms with Crippen LogP contribution in [-0.4, -0.2) is 17.1 Å². The van der Waals surface area contributed by atoms with Gasteiger partial charge in [-0.1, -0.05) is 78.9 Å². The molecule has 1 aliphatic carbocycles. The fourth-order valence-electron chi connectivity index (χ4n) is 3.70. The first-order valence-corrected chi connectivity index (χ1v) is 10.4. The normalized spacial score (nSPS) is 17.1. The maximum atomic E-state index is 5.01. The number of rotatable bonds is 3. The predicted molar refractivity (Wildman–Crippen MR) is 130 cm³/mol. The van der Waals surface area contributed by atoms with E-state index in [0.717, 1.165) is 45.3 Å². The van der Waals surface area contributed by atoms with Gasteiger partial charge in [0.05, 0.1) is 34.2 Å². The molecule has 0 spiro atoms. The number of aliphatic imine (C=N–C) groups is 3. The van der Waals surface area contributed by atoms with Gasteiger partial charge in [0.2, 0.25) is 0 Å². The Kier molecular flexibility index (Phi) is 5.31. The van der Waals surface area contributed by atoms with Crippen LogP contribution in [0.4, 0.5) is 17.1 Å². The van der Waals surface area contributed by atoms with Gasteiger partial charge in [0, 0.05) is 17.5 Å². The Morgan fingerprint density at radius 3 is 1.35 bits per heavy atom.